The van der Waals surface area contributed by atoms with E-state index in [1.807, 2.05) is 18.2 Å². The number of benzene rings is 1. The van der Waals surface area contributed by atoms with Crippen LogP contribution in [0, 0.1) is 17.4 Å². The zero-order valence-corrected chi connectivity index (χ0v) is 24.7. The largest absolute Gasteiger partial charge is 2.00 e. The van der Waals surface area contributed by atoms with Crippen LogP contribution in [0.4, 0.5) is 13.2 Å². The van der Waals surface area contributed by atoms with Gasteiger partial charge in [0.2, 0.25) is 0 Å². The van der Waals surface area contributed by atoms with Gasteiger partial charge in [-0.2, -0.15) is 24.5 Å². The summed E-state index contributed by atoms with van der Waals surface area (Å²) in [5.74, 6) is 1.63. The standard InChI is InChI=1S/C18H31O2P2.C3H3N.CHF3O3S.Ni/c1-13(2)21(14(3)4)19-17-10-9-11-18(12-17)20-22(15(5)6)16(7)8;1-2-3-4;2-1(3,4)8(5,6)7;/h9-11,13-16H,1-8H3;2H,1H2;(H,5,6,7);/q-1;;;+2/p-1. The molecule has 0 heterocycles. The molecule has 0 aliphatic carbocycles. The first-order valence-electron chi connectivity index (χ1n) is 10.4. The van der Waals surface area contributed by atoms with Crippen LogP contribution in [-0.2, 0) is 26.6 Å². The van der Waals surface area contributed by atoms with Crippen LogP contribution in [0.15, 0.2) is 30.9 Å². The molecule has 0 N–H and O–H groups in total. The van der Waals surface area contributed by atoms with Crippen molar-refractivity contribution >= 4 is 26.4 Å². The van der Waals surface area contributed by atoms with Crippen molar-refractivity contribution in [1.82, 2.24) is 0 Å². The van der Waals surface area contributed by atoms with E-state index in [2.05, 4.69) is 68.0 Å². The molecular weight excluding hydrogens is 568 g/mol. The fraction of sp³-hybridized carbons (Fsp3) is 0.591. The number of rotatable bonds is 8. The molecule has 0 aliphatic rings. The van der Waals surface area contributed by atoms with Crippen molar-refractivity contribution in [2.45, 2.75) is 83.5 Å². The Kier molecular flexibility index (Phi) is 20.3. The Labute approximate surface area is 221 Å². The van der Waals surface area contributed by atoms with Gasteiger partial charge in [-0.3, -0.25) is 0 Å². The second-order valence-corrected chi connectivity index (χ2v) is 15.2. The summed E-state index contributed by atoms with van der Waals surface area (Å²) in [4.78, 5) is 0. The van der Waals surface area contributed by atoms with Crippen molar-refractivity contribution in [1.29, 1.82) is 5.26 Å². The van der Waals surface area contributed by atoms with E-state index in [9.17, 15) is 13.2 Å². The van der Waals surface area contributed by atoms with Gasteiger partial charge in [-0.05, 0) is 0 Å². The SMILES string of the molecule is C=CC#N.CC(C)P(Oc1[c-]c(OP(C(C)C)C(C)C)ccc1)C(C)C.O=S(=O)([O-])C(F)(F)F.[Ni+2]. The van der Waals surface area contributed by atoms with Crippen LogP contribution >= 0.6 is 16.3 Å². The maximum atomic E-state index is 10.7. The molecule has 1 rings (SSSR count). The Bertz CT molecular complexity index is 823. The molecule has 0 amide bonds. The summed E-state index contributed by atoms with van der Waals surface area (Å²) in [7, 11) is -7.08. The Morgan fingerprint density at radius 2 is 1.23 bits per heavy atom. The first-order chi connectivity index (χ1) is 15.4. The number of alkyl halides is 3. The van der Waals surface area contributed by atoms with Gasteiger partial charge in [0.25, 0.3) is 0 Å². The molecule has 1 aromatic rings. The third kappa shape index (κ3) is 17.2. The van der Waals surface area contributed by atoms with Gasteiger partial charge in [0.15, 0.2) is 10.1 Å². The number of allylic oxidation sites excluding steroid dienone is 1. The van der Waals surface area contributed by atoms with Gasteiger partial charge in [0.1, 0.15) is 0 Å². The second kappa shape index (κ2) is 18.4. The van der Waals surface area contributed by atoms with Crippen LogP contribution in [0.5, 0.6) is 11.5 Å². The molecule has 1 aromatic carbocycles. The molecule has 0 saturated heterocycles. The summed E-state index contributed by atoms with van der Waals surface area (Å²) in [5, 5.41) is 7.51. The third-order valence-corrected chi connectivity index (χ3v) is 9.01. The molecule has 35 heavy (non-hydrogen) atoms. The first-order valence-corrected chi connectivity index (χ1v) is 14.6. The van der Waals surface area contributed by atoms with Gasteiger partial charge in [0, 0.05) is 40.2 Å². The molecule has 0 aliphatic heterocycles. The minimum absolute atomic E-state index is 0. The van der Waals surface area contributed by atoms with Gasteiger partial charge in [-0.15, -0.1) is 12.1 Å². The van der Waals surface area contributed by atoms with Crippen LogP contribution in [0.3, 0.4) is 0 Å². The van der Waals surface area contributed by atoms with Gasteiger partial charge in [-0.25, -0.2) is 8.42 Å². The van der Waals surface area contributed by atoms with Crippen molar-refractivity contribution in [2.75, 3.05) is 0 Å². The molecule has 13 heteroatoms. The van der Waals surface area contributed by atoms with Crippen LogP contribution in [-0.4, -0.2) is 41.1 Å². The smallest absolute Gasteiger partial charge is 0.741 e. The molecule has 0 bridgehead atoms. The fourth-order valence-corrected chi connectivity index (χ4v) is 6.27. The normalized spacial score (nSPS) is 11.3. The average molecular weight is 602 g/mol. The van der Waals surface area contributed by atoms with Crippen LogP contribution < -0.4 is 9.05 Å². The Hall–Kier alpha value is -0.896. The van der Waals surface area contributed by atoms with E-state index in [4.69, 9.17) is 27.3 Å². The number of hydrogen-bond donors (Lipinski definition) is 0. The van der Waals surface area contributed by atoms with E-state index < -0.39 is 31.9 Å². The van der Waals surface area contributed by atoms with Crippen molar-refractivity contribution in [3.8, 4) is 17.6 Å². The summed E-state index contributed by atoms with van der Waals surface area (Å²) in [6.07, 6.45) is 1.18. The molecule has 0 spiro atoms. The number of halogens is 3. The van der Waals surface area contributed by atoms with E-state index in [0.717, 1.165) is 11.5 Å². The van der Waals surface area contributed by atoms with Gasteiger partial charge in [0.05, 0.1) is 22.4 Å². The van der Waals surface area contributed by atoms with Crippen molar-refractivity contribution in [3.05, 3.63) is 36.9 Å². The minimum atomic E-state index is -6.09. The van der Waals surface area contributed by atoms with E-state index in [1.165, 1.54) is 6.08 Å². The predicted octanol–water partition coefficient (Wildman–Crippen LogP) is 7.42. The molecular formula is C22H34F3NNiO5P2S. The van der Waals surface area contributed by atoms with Crippen LogP contribution in [0.2, 0.25) is 0 Å². The summed E-state index contributed by atoms with van der Waals surface area (Å²) in [6, 6.07) is 11.0. The molecule has 0 fully saturated rings. The zero-order valence-electron chi connectivity index (χ0n) is 21.1. The summed E-state index contributed by atoms with van der Waals surface area (Å²) in [5.41, 5.74) is -3.49. The van der Waals surface area contributed by atoms with E-state index in [0.29, 0.717) is 22.6 Å². The molecule has 204 valence electrons. The van der Waals surface area contributed by atoms with Crippen LogP contribution in [0.25, 0.3) is 0 Å². The minimum Gasteiger partial charge on any atom is -0.741 e. The summed E-state index contributed by atoms with van der Waals surface area (Å²) in [6.45, 7) is 20.9. The summed E-state index contributed by atoms with van der Waals surface area (Å²) >= 11 is 0. The van der Waals surface area contributed by atoms with Crippen LogP contribution in [0.1, 0.15) is 55.4 Å². The topological polar surface area (TPSA) is 99.5 Å². The number of hydrogen-bond acceptors (Lipinski definition) is 6. The van der Waals surface area contributed by atoms with Gasteiger partial charge >= 0.3 is 22.0 Å². The molecule has 6 nitrogen and oxygen atoms in total. The molecule has 0 atom stereocenters. The van der Waals surface area contributed by atoms with E-state index in [1.54, 1.807) is 6.07 Å². The fourth-order valence-electron chi connectivity index (χ4n) is 2.38. The van der Waals surface area contributed by atoms with Crippen molar-refractivity contribution in [3.63, 3.8) is 0 Å². The maximum absolute atomic E-state index is 10.7. The van der Waals surface area contributed by atoms with Gasteiger partial charge in [-0.1, -0.05) is 68.0 Å². The number of nitrogens with zero attached hydrogens (tertiary/aromatic N) is 1. The van der Waals surface area contributed by atoms with E-state index in [-0.39, 0.29) is 16.5 Å². The Balaban J connectivity index is -0.000000655. The molecule has 0 aromatic heterocycles. The quantitative estimate of drug-likeness (QED) is 0.0768. The Morgan fingerprint density at radius 3 is 1.40 bits per heavy atom. The summed E-state index contributed by atoms with van der Waals surface area (Å²) < 4.78 is 71.3. The van der Waals surface area contributed by atoms with Gasteiger partial charge < -0.3 is 13.6 Å². The molecule has 0 unspecified atom stereocenters. The third-order valence-electron chi connectivity index (χ3n) is 3.56. The molecule has 0 saturated carbocycles. The first kappa shape index (κ1) is 38.6. The molecule has 0 radical (unpaired) electrons. The average Bonchev–Trinajstić information content (AvgIpc) is 2.68. The Morgan fingerprint density at radius 1 is 0.971 bits per heavy atom. The predicted molar refractivity (Wildman–Crippen MR) is 132 cm³/mol. The zero-order chi connectivity index (χ0) is 27.3. The maximum Gasteiger partial charge on any atom is 2.00 e. The monoisotopic (exact) mass is 601 g/mol. The second-order valence-electron chi connectivity index (χ2n) is 7.89. The number of nitriles is 1. The van der Waals surface area contributed by atoms with E-state index >= 15 is 0 Å². The van der Waals surface area contributed by atoms with Crippen molar-refractivity contribution < 1.29 is 51.7 Å². The van der Waals surface area contributed by atoms with Crippen molar-refractivity contribution in [2.24, 2.45) is 0 Å².